The molecule has 0 atom stereocenters. The van der Waals surface area contributed by atoms with Crippen LogP contribution in [0, 0.1) is 0 Å². The molecule has 19 heavy (non-hydrogen) atoms. The number of carbonyl (C=O) groups is 1. The Morgan fingerprint density at radius 2 is 2.16 bits per heavy atom. The van der Waals surface area contributed by atoms with Gasteiger partial charge in [-0.3, -0.25) is 4.79 Å². The normalized spacial score (nSPS) is 14.0. The van der Waals surface area contributed by atoms with Crippen molar-refractivity contribution in [2.45, 2.75) is 30.5 Å². The number of carbonyl (C=O) groups excluding carboxylic acids is 1. The van der Waals surface area contributed by atoms with Crippen LogP contribution < -0.4 is 16.0 Å². The van der Waals surface area contributed by atoms with E-state index < -0.39 is 0 Å². The first-order valence-electron chi connectivity index (χ1n) is 6.35. The summed E-state index contributed by atoms with van der Waals surface area (Å²) in [5, 5.41) is 9.81. The van der Waals surface area contributed by atoms with Gasteiger partial charge < -0.3 is 16.0 Å². The molecule has 1 saturated carbocycles. The maximum atomic E-state index is 11.5. The predicted octanol–water partition coefficient (Wildman–Crippen LogP) is 1.32. The Bertz CT molecular complexity index is 427. The first-order chi connectivity index (χ1) is 9.21. The molecule has 1 aromatic heterocycles. The maximum Gasteiger partial charge on any atom is 0.221 e. The number of amides is 1. The molecule has 1 aromatic rings. The third-order valence-corrected chi connectivity index (χ3v) is 3.29. The topological polar surface area (TPSA) is 78.9 Å². The zero-order valence-corrected chi connectivity index (χ0v) is 12.0. The van der Waals surface area contributed by atoms with Crippen molar-refractivity contribution in [2.75, 3.05) is 30.5 Å². The highest BCUT2D eigenvalue weighted by atomic mass is 32.2. The zero-order chi connectivity index (χ0) is 13.7. The smallest absolute Gasteiger partial charge is 0.221 e. The highest BCUT2D eigenvalue weighted by Gasteiger charge is 2.22. The number of hydrogen-bond donors (Lipinski definition) is 3. The van der Waals surface area contributed by atoms with Gasteiger partial charge in [0.05, 0.1) is 0 Å². The van der Waals surface area contributed by atoms with Crippen molar-refractivity contribution >= 4 is 29.3 Å². The molecule has 0 aliphatic heterocycles. The molecule has 0 spiro atoms. The first-order valence-corrected chi connectivity index (χ1v) is 7.58. The third kappa shape index (κ3) is 4.59. The minimum Gasteiger partial charge on any atom is -0.373 e. The maximum absolute atomic E-state index is 11.5. The van der Waals surface area contributed by atoms with E-state index in [0.717, 1.165) is 24.5 Å². The number of aromatic nitrogens is 2. The SMILES string of the molecule is CNc1cc(NCCC(=O)NC2CC2)nc(SC)n1. The second kappa shape index (κ2) is 6.60. The van der Waals surface area contributed by atoms with E-state index in [0.29, 0.717) is 24.2 Å². The van der Waals surface area contributed by atoms with E-state index in [2.05, 4.69) is 25.9 Å². The minimum atomic E-state index is 0.1000. The Hall–Kier alpha value is -1.50. The number of anilines is 2. The second-order valence-corrected chi connectivity index (χ2v) is 5.17. The molecule has 0 aromatic carbocycles. The lowest BCUT2D eigenvalue weighted by Gasteiger charge is -2.09. The van der Waals surface area contributed by atoms with Gasteiger partial charge in [0.1, 0.15) is 11.6 Å². The van der Waals surface area contributed by atoms with Crippen LogP contribution in [0.1, 0.15) is 19.3 Å². The number of nitrogens with one attached hydrogen (secondary N) is 3. The monoisotopic (exact) mass is 281 g/mol. The second-order valence-electron chi connectivity index (χ2n) is 4.39. The zero-order valence-electron chi connectivity index (χ0n) is 11.2. The molecule has 104 valence electrons. The number of rotatable bonds is 7. The molecule has 3 N–H and O–H groups in total. The van der Waals surface area contributed by atoms with Crippen molar-refractivity contribution in [2.24, 2.45) is 0 Å². The molecule has 0 saturated heterocycles. The van der Waals surface area contributed by atoms with Gasteiger partial charge in [-0.25, -0.2) is 9.97 Å². The van der Waals surface area contributed by atoms with E-state index in [1.54, 1.807) is 0 Å². The van der Waals surface area contributed by atoms with Crippen LogP contribution >= 0.6 is 11.8 Å². The van der Waals surface area contributed by atoms with E-state index in [4.69, 9.17) is 0 Å². The number of nitrogens with zero attached hydrogens (tertiary/aromatic N) is 2. The van der Waals surface area contributed by atoms with E-state index in [1.165, 1.54) is 11.8 Å². The van der Waals surface area contributed by atoms with Gasteiger partial charge >= 0.3 is 0 Å². The molecular weight excluding hydrogens is 262 g/mol. The molecule has 6 nitrogen and oxygen atoms in total. The van der Waals surface area contributed by atoms with Crippen LogP contribution in [-0.2, 0) is 4.79 Å². The quantitative estimate of drug-likeness (QED) is 0.517. The summed E-state index contributed by atoms with van der Waals surface area (Å²) in [6.07, 6.45) is 4.63. The summed E-state index contributed by atoms with van der Waals surface area (Å²) in [5.41, 5.74) is 0. The van der Waals surface area contributed by atoms with E-state index in [9.17, 15) is 4.79 Å². The van der Waals surface area contributed by atoms with Gasteiger partial charge in [0.15, 0.2) is 5.16 Å². The molecule has 1 aliphatic rings. The van der Waals surface area contributed by atoms with Crippen molar-refractivity contribution in [3.63, 3.8) is 0 Å². The molecule has 1 heterocycles. The summed E-state index contributed by atoms with van der Waals surface area (Å²) in [4.78, 5) is 20.2. The Labute approximate surface area is 117 Å². The lowest BCUT2D eigenvalue weighted by Crippen LogP contribution is -2.27. The molecule has 1 fully saturated rings. The van der Waals surface area contributed by atoms with Crippen LogP contribution in [0.5, 0.6) is 0 Å². The standard InChI is InChI=1S/C12H19N5OS/c1-13-9-7-10(17-12(16-9)19-2)14-6-5-11(18)15-8-3-4-8/h7-8H,3-6H2,1-2H3,(H,15,18)(H2,13,14,16,17). The summed E-state index contributed by atoms with van der Waals surface area (Å²) in [6, 6.07) is 2.25. The van der Waals surface area contributed by atoms with Gasteiger partial charge in [0.25, 0.3) is 0 Å². The molecule has 0 unspecified atom stereocenters. The lowest BCUT2D eigenvalue weighted by atomic mass is 10.4. The predicted molar refractivity (Wildman–Crippen MR) is 77.6 cm³/mol. The Morgan fingerprint density at radius 1 is 1.42 bits per heavy atom. The van der Waals surface area contributed by atoms with Crippen LogP contribution in [0.4, 0.5) is 11.6 Å². The minimum absolute atomic E-state index is 0.1000. The lowest BCUT2D eigenvalue weighted by molar-refractivity contribution is -0.120. The van der Waals surface area contributed by atoms with Crippen LogP contribution in [0.2, 0.25) is 0 Å². The average molecular weight is 281 g/mol. The van der Waals surface area contributed by atoms with Crippen LogP contribution in [0.25, 0.3) is 0 Å². The highest BCUT2D eigenvalue weighted by Crippen LogP contribution is 2.19. The molecule has 0 bridgehead atoms. The Balaban J connectivity index is 1.82. The summed E-state index contributed by atoms with van der Waals surface area (Å²) in [5.74, 6) is 1.61. The molecule has 1 amide bonds. The fraction of sp³-hybridized carbons (Fsp3) is 0.583. The number of thioether (sulfide) groups is 1. The number of hydrogen-bond acceptors (Lipinski definition) is 6. The molecule has 1 aliphatic carbocycles. The average Bonchev–Trinajstić information content (AvgIpc) is 3.22. The van der Waals surface area contributed by atoms with Gasteiger partial charge in [-0.15, -0.1) is 0 Å². The van der Waals surface area contributed by atoms with Crippen molar-refractivity contribution in [3.05, 3.63) is 6.07 Å². The van der Waals surface area contributed by atoms with Crippen molar-refractivity contribution in [1.29, 1.82) is 0 Å². The van der Waals surface area contributed by atoms with Gasteiger partial charge in [0, 0.05) is 32.1 Å². The van der Waals surface area contributed by atoms with Gasteiger partial charge in [-0.05, 0) is 19.1 Å². The molecule has 2 rings (SSSR count). The van der Waals surface area contributed by atoms with Gasteiger partial charge in [-0.2, -0.15) is 0 Å². The van der Waals surface area contributed by atoms with E-state index >= 15 is 0 Å². The summed E-state index contributed by atoms with van der Waals surface area (Å²) in [7, 11) is 1.82. The van der Waals surface area contributed by atoms with Crippen LogP contribution in [0.3, 0.4) is 0 Å². The van der Waals surface area contributed by atoms with Crippen molar-refractivity contribution < 1.29 is 4.79 Å². The van der Waals surface area contributed by atoms with Gasteiger partial charge in [-0.1, -0.05) is 11.8 Å². The van der Waals surface area contributed by atoms with Crippen molar-refractivity contribution in [1.82, 2.24) is 15.3 Å². The molecule has 7 heteroatoms. The summed E-state index contributed by atoms with van der Waals surface area (Å²) in [6.45, 7) is 0.576. The largest absolute Gasteiger partial charge is 0.373 e. The van der Waals surface area contributed by atoms with Crippen LogP contribution in [-0.4, -0.2) is 41.8 Å². The van der Waals surface area contributed by atoms with E-state index in [-0.39, 0.29) is 5.91 Å². The first kappa shape index (κ1) is 13.9. The molecule has 0 radical (unpaired) electrons. The Morgan fingerprint density at radius 3 is 2.79 bits per heavy atom. The van der Waals surface area contributed by atoms with Gasteiger partial charge in [0.2, 0.25) is 5.91 Å². The van der Waals surface area contributed by atoms with Crippen LogP contribution in [0.15, 0.2) is 11.2 Å². The fourth-order valence-corrected chi connectivity index (χ4v) is 1.95. The Kier molecular flexibility index (Phi) is 4.84. The fourth-order valence-electron chi connectivity index (χ4n) is 1.57. The third-order valence-electron chi connectivity index (χ3n) is 2.74. The van der Waals surface area contributed by atoms with Crippen molar-refractivity contribution in [3.8, 4) is 0 Å². The summed E-state index contributed by atoms with van der Waals surface area (Å²) >= 11 is 1.49. The highest BCUT2D eigenvalue weighted by molar-refractivity contribution is 7.98. The summed E-state index contributed by atoms with van der Waals surface area (Å²) < 4.78 is 0. The molecular formula is C12H19N5OS. The van der Waals surface area contributed by atoms with E-state index in [1.807, 2.05) is 19.4 Å².